The highest BCUT2D eigenvalue weighted by Gasteiger charge is 2.18. The third-order valence-electron chi connectivity index (χ3n) is 4.83. The Morgan fingerprint density at radius 3 is 1.83 bits per heavy atom. The molecule has 0 aromatic rings. The van der Waals surface area contributed by atoms with Crippen LogP contribution in [-0.4, -0.2) is 36.7 Å². The molecule has 2 fully saturated rings. The standard InChI is InChI=1S/C17H32N4O2/c1-13(19-17(23)21-15-10-6-3-7-11-15)12-18-16(22)20-14-8-4-2-5-9-14/h13-15H,2-12H2,1H3,(H2,18,20,22)(H2,19,21,23). The zero-order valence-electron chi connectivity index (χ0n) is 14.3. The van der Waals surface area contributed by atoms with Gasteiger partial charge in [-0.2, -0.15) is 0 Å². The third kappa shape index (κ3) is 7.10. The number of carbonyl (C=O) groups excluding carboxylic acids is 2. The molecule has 0 aliphatic heterocycles. The SMILES string of the molecule is CC(CNC(=O)NC1CCCCC1)NC(=O)NC1CCCCC1. The number of hydrogen-bond acceptors (Lipinski definition) is 2. The summed E-state index contributed by atoms with van der Waals surface area (Å²) in [5.74, 6) is 0. The lowest BCUT2D eigenvalue weighted by Gasteiger charge is -2.25. The zero-order chi connectivity index (χ0) is 16.5. The molecule has 132 valence electrons. The molecule has 2 saturated carbocycles. The van der Waals surface area contributed by atoms with Crippen molar-refractivity contribution < 1.29 is 9.59 Å². The molecule has 1 atom stereocenters. The molecule has 1 unspecified atom stereocenters. The first-order chi connectivity index (χ1) is 11.1. The van der Waals surface area contributed by atoms with Crippen LogP contribution in [0, 0.1) is 0 Å². The molecule has 2 aliphatic carbocycles. The molecule has 2 rings (SSSR count). The van der Waals surface area contributed by atoms with Gasteiger partial charge in [-0.05, 0) is 32.6 Å². The smallest absolute Gasteiger partial charge is 0.315 e. The van der Waals surface area contributed by atoms with Crippen LogP contribution in [0.25, 0.3) is 0 Å². The summed E-state index contributed by atoms with van der Waals surface area (Å²) in [6, 6.07) is 0.271. The molecular formula is C17H32N4O2. The van der Waals surface area contributed by atoms with Gasteiger partial charge in [0.1, 0.15) is 0 Å². The maximum Gasteiger partial charge on any atom is 0.315 e. The highest BCUT2D eigenvalue weighted by atomic mass is 16.2. The molecule has 6 heteroatoms. The van der Waals surface area contributed by atoms with Crippen molar-refractivity contribution in [2.45, 2.75) is 89.3 Å². The van der Waals surface area contributed by atoms with Gasteiger partial charge in [0.05, 0.1) is 0 Å². The van der Waals surface area contributed by atoms with Gasteiger partial charge in [-0.3, -0.25) is 0 Å². The van der Waals surface area contributed by atoms with Crippen LogP contribution in [0.15, 0.2) is 0 Å². The number of carbonyl (C=O) groups is 2. The van der Waals surface area contributed by atoms with E-state index < -0.39 is 0 Å². The Hall–Kier alpha value is -1.46. The lowest BCUT2D eigenvalue weighted by molar-refractivity contribution is 0.224. The van der Waals surface area contributed by atoms with E-state index in [-0.39, 0.29) is 18.1 Å². The van der Waals surface area contributed by atoms with Gasteiger partial charge >= 0.3 is 12.1 Å². The molecule has 4 N–H and O–H groups in total. The monoisotopic (exact) mass is 324 g/mol. The van der Waals surface area contributed by atoms with Crippen molar-refractivity contribution in [1.82, 2.24) is 21.3 Å². The second-order valence-electron chi connectivity index (χ2n) is 7.04. The van der Waals surface area contributed by atoms with Crippen molar-refractivity contribution in [2.75, 3.05) is 6.54 Å². The van der Waals surface area contributed by atoms with E-state index in [0.29, 0.717) is 18.6 Å². The summed E-state index contributed by atoms with van der Waals surface area (Å²) in [4.78, 5) is 23.8. The fraction of sp³-hybridized carbons (Fsp3) is 0.882. The van der Waals surface area contributed by atoms with Crippen LogP contribution in [0.1, 0.15) is 71.1 Å². The number of amides is 4. The Morgan fingerprint density at radius 2 is 1.30 bits per heavy atom. The van der Waals surface area contributed by atoms with E-state index in [1.54, 1.807) is 0 Å². The van der Waals surface area contributed by atoms with Crippen molar-refractivity contribution in [3.63, 3.8) is 0 Å². The molecule has 6 nitrogen and oxygen atoms in total. The first-order valence-corrected chi connectivity index (χ1v) is 9.25. The number of hydrogen-bond donors (Lipinski definition) is 4. The van der Waals surface area contributed by atoms with Crippen molar-refractivity contribution in [2.24, 2.45) is 0 Å². The van der Waals surface area contributed by atoms with Crippen molar-refractivity contribution in [3.05, 3.63) is 0 Å². The normalized spacial score (nSPS) is 21.3. The van der Waals surface area contributed by atoms with Gasteiger partial charge in [0.25, 0.3) is 0 Å². The highest BCUT2D eigenvalue weighted by molar-refractivity contribution is 5.75. The fourth-order valence-corrected chi connectivity index (χ4v) is 3.48. The molecule has 4 amide bonds. The maximum atomic E-state index is 11.9. The van der Waals surface area contributed by atoms with Crippen LogP contribution < -0.4 is 21.3 Å². The molecule has 0 radical (unpaired) electrons. The van der Waals surface area contributed by atoms with Crippen molar-refractivity contribution in [3.8, 4) is 0 Å². The van der Waals surface area contributed by atoms with Gasteiger partial charge in [-0.15, -0.1) is 0 Å². The molecule has 0 heterocycles. The fourth-order valence-electron chi connectivity index (χ4n) is 3.48. The first-order valence-electron chi connectivity index (χ1n) is 9.25. The molecule has 0 aromatic heterocycles. The van der Waals surface area contributed by atoms with E-state index in [1.165, 1.54) is 38.5 Å². The molecule has 2 aliphatic rings. The predicted molar refractivity (Wildman–Crippen MR) is 91.4 cm³/mol. The molecule has 0 bridgehead atoms. The van der Waals surface area contributed by atoms with Crippen LogP contribution >= 0.6 is 0 Å². The van der Waals surface area contributed by atoms with Crippen LogP contribution in [0.3, 0.4) is 0 Å². The number of urea groups is 2. The Labute approximate surface area is 139 Å². The summed E-state index contributed by atoms with van der Waals surface area (Å²) in [5.41, 5.74) is 0. The largest absolute Gasteiger partial charge is 0.336 e. The summed E-state index contributed by atoms with van der Waals surface area (Å²) < 4.78 is 0. The molecular weight excluding hydrogens is 292 g/mol. The van der Waals surface area contributed by atoms with Crippen LogP contribution in [0.5, 0.6) is 0 Å². The lowest BCUT2D eigenvalue weighted by atomic mass is 9.96. The van der Waals surface area contributed by atoms with Crippen LogP contribution in [0.2, 0.25) is 0 Å². The number of nitrogens with one attached hydrogen (secondary N) is 4. The van der Waals surface area contributed by atoms with Gasteiger partial charge in [-0.1, -0.05) is 38.5 Å². The van der Waals surface area contributed by atoms with E-state index >= 15 is 0 Å². The minimum Gasteiger partial charge on any atom is -0.336 e. The molecule has 23 heavy (non-hydrogen) atoms. The van der Waals surface area contributed by atoms with Crippen LogP contribution in [0.4, 0.5) is 9.59 Å². The van der Waals surface area contributed by atoms with E-state index in [9.17, 15) is 9.59 Å². The molecule has 0 spiro atoms. The zero-order valence-corrected chi connectivity index (χ0v) is 14.3. The van der Waals surface area contributed by atoms with Gasteiger partial charge in [0.15, 0.2) is 0 Å². The predicted octanol–water partition coefficient (Wildman–Crippen LogP) is 2.64. The number of rotatable bonds is 5. The third-order valence-corrected chi connectivity index (χ3v) is 4.83. The van der Waals surface area contributed by atoms with Crippen LogP contribution in [-0.2, 0) is 0 Å². The maximum absolute atomic E-state index is 11.9. The van der Waals surface area contributed by atoms with E-state index in [0.717, 1.165) is 25.7 Å². The summed E-state index contributed by atoms with van der Waals surface area (Å²) in [6.07, 6.45) is 11.6. The molecule has 0 saturated heterocycles. The second-order valence-corrected chi connectivity index (χ2v) is 7.04. The minimum absolute atomic E-state index is 0.0873. The van der Waals surface area contributed by atoms with Gasteiger partial charge in [0, 0.05) is 24.7 Å². The highest BCUT2D eigenvalue weighted by Crippen LogP contribution is 2.17. The summed E-state index contributed by atoms with van der Waals surface area (Å²) in [6.45, 7) is 2.35. The Morgan fingerprint density at radius 1 is 0.826 bits per heavy atom. The average molecular weight is 324 g/mol. The quantitative estimate of drug-likeness (QED) is 0.627. The second kappa shape index (κ2) is 9.63. The van der Waals surface area contributed by atoms with E-state index in [4.69, 9.17) is 0 Å². The Bertz CT molecular complexity index is 377. The van der Waals surface area contributed by atoms with Crippen molar-refractivity contribution >= 4 is 12.1 Å². The average Bonchev–Trinajstić information content (AvgIpc) is 2.55. The Kier molecular flexibility index (Phi) is 7.49. The van der Waals surface area contributed by atoms with E-state index in [1.807, 2.05) is 6.92 Å². The first kappa shape index (κ1) is 17.9. The van der Waals surface area contributed by atoms with E-state index in [2.05, 4.69) is 21.3 Å². The topological polar surface area (TPSA) is 82.3 Å². The Balaban J connectivity index is 1.57. The minimum atomic E-state index is -0.127. The van der Waals surface area contributed by atoms with Gasteiger partial charge < -0.3 is 21.3 Å². The molecule has 0 aromatic carbocycles. The summed E-state index contributed by atoms with van der Waals surface area (Å²) in [7, 11) is 0. The summed E-state index contributed by atoms with van der Waals surface area (Å²) >= 11 is 0. The lowest BCUT2D eigenvalue weighted by Crippen LogP contribution is -2.51. The van der Waals surface area contributed by atoms with Gasteiger partial charge in [-0.25, -0.2) is 9.59 Å². The van der Waals surface area contributed by atoms with Gasteiger partial charge in [0.2, 0.25) is 0 Å². The van der Waals surface area contributed by atoms with Crippen molar-refractivity contribution in [1.29, 1.82) is 0 Å². The summed E-state index contributed by atoms with van der Waals surface area (Å²) in [5, 5.41) is 11.8.